The van der Waals surface area contributed by atoms with Crippen molar-refractivity contribution in [2.24, 2.45) is 5.92 Å². The third-order valence-electron chi connectivity index (χ3n) is 7.14. The second-order valence-electron chi connectivity index (χ2n) is 9.45. The highest BCUT2D eigenvalue weighted by atomic mass is 19.1. The van der Waals surface area contributed by atoms with Gasteiger partial charge in [-0.05, 0) is 49.9 Å². The molecular formula is C25H36FN3O3. The molecule has 0 bridgehead atoms. The van der Waals surface area contributed by atoms with Gasteiger partial charge in [0.15, 0.2) is 0 Å². The van der Waals surface area contributed by atoms with Gasteiger partial charge in [-0.3, -0.25) is 14.5 Å². The van der Waals surface area contributed by atoms with Crippen LogP contribution >= 0.6 is 0 Å². The largest absolute Gasteiger partial charge is 0.378 e. The lowest BCUT2D eigenvalue weighted by atomic mass is 9.93. The van der Waals surface area contributed by atoms with Crippen molar-refractivity contribution in [1.82, 2.24) is 14.7 Å². The molecule has 176 valence electrons. The average Bonchev–Trinajstić information content (AvgIpc) is 2.84. The van der Waals surface area contributed by atoms with Crippen LogP contribution in [0.15, 0.2) is 24.3 Å². The van der Waals surface area contributed by atoms with E-state index >= 15 is 0 Å². The molecule has 2 aliphatic heterocycles. The van der Waals surface area contributed by atoms with Crippen molar-refractivity contribution < 1.29 is 18.7 Å². The van der Waals surface area contributed by atoms with Gasteiger partial charge in [0, 0.05) is 32.2 Å². The maximum absolute atomic E-state index is 13.5. The Morgan fingerprint density at radius 2 is 1.69 bits per heavy atom. The summed E-state index contributed by atoms with van der Waals surface area (Å²) in [6, 6.07) is 6.72. The molecule has 1 saturated carbocycles. The van der Waals surface area contributed by atoms with E-state index in [0.29, 0.717) is 45.9 Å². The lowest BCUT2D eigenvalue weighted by Gasteiger charge is -2.38. The third kappa shape index (κ3) is 6.07. The number of ether oxygens (including phenoxy) is 1. The van der Waals surface area contributed by atoms with Gasteiger partial charge in [-0.15, -0.1) is 0 Å². The topological polar surface area (TPSA) is 53.1 Å². The number of hydrogen-bond acceptors (Lipinski definition) is 4. The van der Waals surface area contributed by atoms with E-state index in [9.17, 15) is 14.0 Å². The maximum atomic E-state index is 13.5. The Labute approximate surface area is 190 Å². The summed E-state index contributed by atoms with van der Waals surface area (Å²) in [5, 5.41) is 0. The molecule has 7 heteroatoms. The first-order valence-corrected chi connectivity index (χ1v) is 12.2. The summed E-state index contributed by atoms with van der Waals surface area (Å²) < 4.78 is 18.7. The number of hydrogen-bond donors (Lipinski definition) is 0. The van der Waals surface area contributed by atoms with E-state index in [1.54, 1.807) is 12.1 Å². The highest BCUT2D eigenvalue weighted by Gasteiger charge is 2.32. The monoisotopic (exact) mass is 445 g/mol. The normalized spacial score (nSPS) is 23.2. The Morgan fingerprint density at radius 1 is 0.969 bits per heavy atom. The second-order valence-corrected chi connectivity index (χ2v) is 9.45. The molecule has 1 aromatic carbocycles. The fraction of sp³-hybridized carbons (Fsp3) is 0.680. The molecule has 0 spiro atoms. The number of rotatable bonds is 6. The standard InChI is InChI=1S/C25H36FN3O3/c26-22-10-8-20(9-11-22)17-29(23-6-2-1-3-7-23)24(30)19-27-12-4-5-21(18-27)25(31)28-13-15-32-16-14-28/h8-11,21,23H,1-7,12-19H2. The molecule has 0 radical (unpaired) electrons. The molecule has 1 atom stereocenters. The molecule has 2 heterocycles. The van der Waals surface area contributed by atoms with Crippen LogP contribution in [0.25, 0.3) is 0 Å². The van der Waals surface area contributed by atoms with Crippen molar-refractivity contribution in [3.8, 4) is 0 Å². The SMILES string of the molecule is O=C(C1CCCN(CC(=O)N(Cc2ccc(F)cc2)C2CCCCC2)C1)N1CCOCC1. The molecule has 1 aromatic rings. The number of likely N-dealkylation sites (tertiary alicyclic amines) is 1. The summed E-state index contributed by atoms with van der Waals surface area (Å²) in [7, 11) is 0. The molecule has 4 rings (SSSR count). The van der Waals surface area contributed by atoms with Crippen LogP contribution < -0.4 is 0 Å². The average molecular weight is 446 g/mol. The minimum absolute atomic E-state index is 0.0325. The van der Waals surface area contributed by atoms with Gasteiger partial charge in [-0.1, -0.05) is 31.4 Å². The predicted octanol–water partition coefficient (Wildman–Crippen LogP) is 3.06. The maximum Gasteiger partial charge on any atom is 0.237 e. The zero-order valence-electron chi connectivity index (χ0n) is 19.0. The van der Waals surface area contributed by atoms with Gasteiger partial charge < -0.3 is 14.5 Å². The fourth-order valence-corrected chi connectivity index (χ4v) is 5.32. The Kier molecular flexibility index (Phi) is 8.14. The number of nitrogens with zero attached hydrogens (tertiary/aromatic N) is 3. The molecule has 32 heavy (non-hydrogen) atoms. The van der Waals surface area contributed by atoms with E-state index in [0.717, 1.165) is 50.6 Å². The molecule has 3 aliphatic rings. The smallest absolute Gasteiger partial charge is 0.237 e. The summed E-state index contributed by atoms with van der Waals surface area (Å²) in [6.07, 6.45) is 7.43. The van der Waals surface area contributed by atoms with Gasteiger partial charge in [0.25, 0.3) is 0 Å². The molecule has 1 unspecified atom stereocenters. The summed E-state index contributed by atoms with van der Waals surface area (Å²) >= 11 is 0. The highest BCUT2D eigenvalue weighted by molar-refractivity contribution is 5.80. The number of amides is 2. The molecule has 2 saturated heterocycles. The summed E-state index contributed by atoms with van der Waals surface area (Å²) in [5.41, 5.74) is 0.962. The van der Waals surface area contributed by atoms with Crippen LogP contribution in [0.3, 0.4) is 0 Å². The molecule has 3 fully saturated rings. The van der Waals surface area contributed by atoms with Crippen LogP contribution in [-0.4, -0.2) is 78.5 Å². The number of benzene rings is 1. The lowest BCUT2D eigenvalue weighted by Crippen LogP contribution is -2.51. The van der Waals surface area contributed by atoms with Crippen LogP contribution in [0.5, 0.6) is 0 Å². The minimum Gasteiger partial charge on any atom is -0.378 e. The van der Waals surface area contributed by atoms with Gasteiger partial charge in [0.2, 0.25) is 11.8 Å². The molecule has 6 nitrogen and oxygen atoms in total. The summed E-state index contributed by atoms with van der Waals surface area (Å²) in [5.74, 6) is 0.0464. The summed E-state index contributed by atoms with van der Waals surface area (Å²) in [4.78, 5) is 32.5. The van der Waals surface area contributed by atoms with Crippen molar-refractivity contribution in [3.05, 3.63) is 35.6 Å². The Morgan fingerprint density at radius 3 is 2.41 bits per heavy atom. The van der Waals surface area contributed by atoms with E-state index in [2.05, 4.69) is 4.90 Å². The number of carbonyl (C=O) groups excluding carboxylic acids is 2. The minimum atomic E-state index is -0.256. The number of piperidine rings is 1. The van der Waals surface area contributed by atoms with Gasteiger partial charge in [0.05, 0.1) is 25.7 Å². The first-order chi connectivity index (χ1) is 15.6. The third-order valence-corrected chi connectivity index (χ3v) is 7.14. The van der Waals surface area contributed by atoms with Crippen LogP contribution in [-0.2, 0) is 20.9 Å². The van der Waals surface area contributed by atoms with Gasteiger partial charge in [-0.2, -0.15) is 0 Å². The first kappa shape index (κ1) is 23.2. The molecule has 0 N–H and O–H groups in total. The van der Waals surface area contributed by atoms with Crippen molar-refractivity contribution in [2.45, 2.75) is 57.5 Å². The van der Waals surface area contributed by atoms with Crippen molar-refractivity contribution in [2.75, 3.05) is 45.9 Å². The summed E-state index contributed by atoms with van der Waals surface area (Å²) in [6.45, 7) is 4.94. The number of carbonyl (C=O) groups is 2. The van der Waals surface area contributed by atoms with Crippen LogP contribution in [0.4, 0.5) is 4.39 Å². The van der Waals surface area contributed by atoms with E-state index in [1.807, 2.05) is 9.80 Å². The van der Waals surface area contributed by atoms with Crippen molar-refractivity contribution >= 4 is 11.8 Å². The van der Waals surface area contributed by atoms with E-state index < -0.39 is 0 Å². The lowest BCUT2D eigenvalue weighted by molar-refractivity contribution is -0.143. The first-order valence-electron chi connectivity index (χ1n) is 12.2. The van der Waals surface area contributed by atoms with Gasteiger partial charge >= 0.3 is 0 Å². The quantitative estimate of drug-likeness (QED) is 0.675. The zero-order valence-corrected chi connectivity index (χ0v) is 19.0. The van der Waals surface area contributed by atoms with Crippen LogP contribution in [0, 0.1) is 11.7 Å². The predicted molar refractivity (Wildman–Crippen MR) is 120 cm³/mol. The van der Waals surface area contributed by atoms with Gasteiger partial charge in [0.1, 0.15) is 5.82 Å². The zero-order chi connectivity index (χ0) is 22.3. The highest BCUT2D eigenvalue weighted by Crippen LogP contribution is 2.25. The van der Waals surface area contributed by atoms with E-state index in [-0.39, 0.29) is 29.6 Å². The molecule has 2 amide bonds. The Hall–Kier alpha value is -1.99. The van der Waals surface area contributed by atoms with E-state index in [4.69, 9.17) is 4.74 Å². The van der Waals surface area contributed by atoms with Crippen LogP contribution in [0.1, 0.15) is 50.5 Å². The van der Waals surface area contributed by atoms with Crippen molar-refractivity contribution in [1.29, 1.82) is 0 Å². The van der Waals surface area contributed by atoms with Crippen molar-refractivity contribution in [3.63, 3.8) is 0 Å². The van der Waals surface area contributed by atoms with Gasteiger partial charge in [-0.25, -0.2) is 4.39 Å². The fourth-order valence-electron chi connectivity index (χ4n) is 5.32. The number of morpholine rings is 1. The molecule has 1 aliphatic carbocycles. The molecule has 0 aromatic heterocycles. The Balaban J connectivity index is 1.38. The number of halogens is 1. The molecular weight excluding hydrogens is 409 g/mol. The van der Waals surface area contributed by atoms with Crippen LogP contribution in [0.2, 0.25) is 0 Å². The second kappa shape index (κ2) is 11.2. The van der Waals surface area contributed by atoms with E-state index in [1.165, 1.54) is 18.6 Å². The Bertz CT molecular complexity index is 760.